The lowest BCUT2D eigenvalue weighted by atomic mass is 10.2. The van der Waals surface area contributed by atoms with Crippen molar-refractivity contribution in [1.82, 2.24) is 9.80 Å². The molecule has 1 aliphatic carbocycles. The van der Waals surface area contributed by atoms with Gasteiger partial charge in [0, 0.05) is 18.3 Å². The maximum atomic E-state index is 12.5. The highest BCUT2D eigenvalue weighted by atomic mass is 32.2. The largest absolute Gasteiger partial charge is 0.480 e. The number of hydrogen-bond donors (Lipinski definition) is 2. The first-order valence-corrected chi connectivity index (χ1v) is 7.79. The molecule has 1 atom stereocenters. The van der Waals surface area contributed by atoms with E-state index in [0.717, 1.165) is 25.7 Å². The number of amides is 2. The average Bonchev–Trinajstić information content (AvgIpc) is 3.05. The highest BCUT2D eigenvalue weighted by Gasteiger charge is 2.38. The van der Waals surface area contributed by atoms with Crippen molar-refractivity contribution in [3.05, 3.63) is 0 Å². The molecule has 0 spiro atoms. The van der Waals surface area contributed by atoms with Crippen molar-refractivity contribution in [1.29, 1.82) is 0 Å². The van der Waals surface area contributed by atoms with E-state index in [0.29, 0.717) is 11.6 Å². The number of aliphatic hydroxyl groups is 1. The summed E-state index contributed by atoms with van der Waals surface area (Å²) in [5.41, 5.74) is 0. The van der Waals surface area contributed by atoms with Gasteiger partial charge in [-0.1, -0.05) is 12.8 Å². The first kappa shape index (κ1) is 14.5. The van der Waals surface area contributed by atoms with E-state index in [9.17, 15) is 9.59 Å². The Labute approximate surface area is 116 Å². The molecule has 108 valence electrons. The number of thioether (sulfide) groups is 1. The molecule has 1 saturated carbocycles. The summed E-state index contributed by atoms with van der Waals surface area (Å²) < 4.78 is 0. The molecule has 0 aromatic carbocycles. The van der Waals surface area contributed by atoms with Crippen LogP contribution in [0.4, 0.5) is 4.79 Å². The van der Waals surface area contributed by atoms with Gasteiger partial charge in [0.2, 0.25) is 0 Å². The minimum atomic E-state index is -0.950. The van der Waals surface area contributed by atoms with Crippen molar-refractivity contribution in [2.75, 3.05) is 24.8 Å². The molecule has 2 aliphatic rings. The summed E-state index contributed by atoms with van der Waals surface area (Å²) in [7, 11) is 0. The highest BCUT2D eigenvalue weighted by molar-refractivity contribution is 7.99. The van der Waals surface area contributed by atoms with Crippen LogP contribution in [0.25, 0.3) is 0 Å². The summed E-state index contributed by atoms with van der Waals surface area (Å²) in [4.78, 5) is 26.7. The van der Waals surface area contributed by atoms with Crippen LogP contribution in [0.5, 0.6) is 0 Å². The molecule has 0 aromatic heterocycles. The van der Waals surface area contributed by atoms with Crippen molar-refractivity contribution in [3.63, 3.8) is 0 Å². The Morgan fingerprint density at radius 2 is 2.00 bits per heavy atom. The predicted octanol–water partition coefficient (Wildman–Crippen LogP) is 0.803. The predicted molar refractivity (Wildman–Crippen MR) is 72.0 cm³/mol. The van der Waals surface area contributed by atoms with E-state index in [1.807, 2.05) is 0 Å². The first-order valence-electron chi connectivity index (χ1n) is 6.63. The van der Waals surface area contributed by atoms with Crippen LogP contribution in [0, 0.1) is 0 Å². The Morgan fingerprint density at radius 1 is 1.32 bits per heavy atom. The number of carbonyl (C=O) groups is 2. The maximum Gasteiger partial charge on any atom is 0.327 e. The second-order valence-electron chi connectivity index (χ2n) is 4.96. The topological polar surface area (TPSA) is 81.1 Å². The molecule has 2 N–H and O–H groups in total. The second-order valence-corrected chi connectivity index (χ2v) is 5.96. The normalized spacial score (nSPS) is 23.8. The Morgan fingerprint density at radius 3 is 2.58 bits per heavy atom. The number of hydrogen-bond acceptors (Lipinski definition) is 4. The quantitative estimate of drug-likeness (QED) is 0.800. The molecule has 7 heteroatoms. The van der Waals surface area contributed by atoms with E-state index < -0.39 is 12.0 Å². The molecule has 0 unspecified atom stereocenters. The van der Waals surface area contributed by atoms with Crippen LogP contribution in [-0.4, -0.2) is 68.9 Å². The van der Waals surface area contributed by atoms with Gasteiger partial charge in [0.1, 0.15) is 6.04 Å². The summed E-state index contributed by atoms with van der Waals surface area (Å²) >= 11 is 1.46. The van der Waals surface area contributed by atoms with Gasteiger partial charge in [0.05, 0.1) is 12.5 Å². The first-order chi connectivity index (χ1) is 9.15. The number of aliphatic carboxylic acids is 1. The number of carboxylic acids is 1. The van der Waals surface area contributed by atoms with Crippen molar-refractivity contribution in [2.45, 2.75) is 37.8 Å². The van der Waals surface area contributed by atoms with Gasteiger partial charge < -0.3 is 20.0 Å². The van der Waals surface area contributed by atoms with E-state index in [1.54, 1.807) is 4.90 Å². The Balaban J connectivity index is 2.07. The van der Waals surface area contributed by atoms with Gasteiger partial charge in [-0.2, -0.15) is 0 Å². The summed E-state index contributed by atoms with van der Waals surface area (Å²) in [5, 5.41) is 18.3. The van der Waals surface area contributed by atoms with Crippen LogP contribution >= 0.6 is 11.8 Å². The van der Waals surface area contributed by atoms with Crippen LogP contribution in [0.3, 0.4) is 0 Å². The average molecular weight is 288 g/mol. The number of carbonyl (C=O) groups excluding carboxylic acids is 1. The Kier molecular flexibility index (Phi) is 4.93. The molecule has 1 aliphatic heterocycles. The zero-order valence-corrected chi connectivity index (χ0v) is 11.6. The molecular formula is C12H20N2O4S. The lowest BCUT2D eigenvalue weighted by Gasteiger charge is -2.33. The van der Waals surface area contributed by atoms with Gasteiger partial charge in [-0.25, -0.2) is 9.59 Å². The monoisotopic (exact) mass is 288 g/mol. The number of nitrogens with zero attached hydrogens (tertiary/aromatic N) is 2. The number of rotatable bonds is 4. The van der Waals surface area contributed by atoms with Gasteiger partial charge in [0.15, 0.2) is 0 Å². The van der Waals surface area contributed by atoms with Crippen LogP contribution < -0.4 is 0 Å². The third-order valence-corrected chi connectivity index (χ3v) is 4.78. The van der Waals surface area contributed by atoms with Gasteiger partial charge >= 0.3 is 12.0 Å². The lowest BCUT2D eigenvalue weighted by Crippen LogP contribution is -2.52. The van der Waals surface area contributed by atoms with Crippen molar-refractivity contribution < 1.29 is 19.8 Å². The molecule has 2 amide bonds. The summed E-state index contributed by atoms with van der Waals surface area (Å²) in [6, 6.07) is -0.821. The molecule has 2 fully saturated rings. The maximum absolute atomic E-state index is 12.5. The fraction of sp³-hybridized carbons (Fsp3) is 0.833. The van der Waals surface area contributed by atoms with Crippen LogP contribution in [0.15, 0.2) is 0 Å². The van der Waals surface area contributed by atoms with Crippen LogP contribution in [0.1, 0.15) is 25.7 Å². The van der Waals surface area contributed by atoms with E-state index in [2.05, 4.69) is 0 Å². The molecule has 19 heavy (non-hydrogen) atoms. The van der Waals surface area contributed by atoms with Gasteiger partial charge in [-0.15, -0.1) is 11.8 Å². The lowest BCUT2D eigenvalue weighted by molar-refractivity contribution is -0.141. The zero-order valence-electron chi connectivity index (χ0n) is 10.8. The van der Waals surface area contributed by atoms with E-state index >= 15 is 0 Å². The number of aliphatic hydroxyl groups excluding tert-OH is 1. The fourth-order valence-corrected chi connectivity index (χ4v) is 3.90. The minimum absolute atomic E-state index is 0.0824. The minimum Gasteiger partial charge on any atom is -0.480 e. The molecule has 0 aromatic rings. The van der Waals surface area contributed by atoms with Gasteiger partial charge in [-0.3, -0.25) is 0 Å². The summed E-state index contributed by atoms with van der Waals surface area (Å²) in [5.74, 6) is -0.0860. The number of carboxylic acid groups (broad SMARTS) is 1. The third-order valence-electron chi connectivity index (χ3n) is 3.77. The van der Waals surface area contributed by atoms with Crippen molar-refractivity contribution >= 4 is 23.8 Å². The van der Waals surface area contributed by atoms with Crippen LogP contribution in [-0.2, 0) is 4.79 Å². The molecule has 2 rings (SSSR count). The Hall–Kier alpha value is -0.950. The molecule has 1 saturated heterocycles. The number of urea groups is 1. The van der Waals surface area contributed by atoms with E-state index in [4.69, 9.17) is 10.2 Å². The Bertz CT molecular complexity index is 347. The van der Waals surface area contributed by atoms with Gasteiger partial charge in [-0.05, 0) is 12.8 Å². The zero-order chi connectivity index (χ0) is 13.8. The van der Waals surface area contributed by atoms with Gasteiger partial charge in [0.25, 0.3) is 0 Å². The SMILES string of the molecule is O=C(O)[C@@H]1CSCN1C(=O)N(CCO)C1CCCC1. The second kappa shape index (κ2) is 6.47. The summed E-state index contributed by atoms with van der Waals surface area (Å²) in [6.45, 7) is 0.206. The summed E-state index contributed by atoms with van der Waals surface area (Å²) in [6.07, 6.45) is 4.09. The van der Waals surface area contributed by atoms with E-state index in [-0.39, 0.29) is 25.2 Å². The third kappa shape index (κ3) is 3.14. The standard InChI is InChI=1S/C12H20N2O4S/c15-6-5-13(9-3-1-2-4-9)12(18)14-8-19-7-10(14)11(16)17/h9-10,15H,1-8H2,(H,16,17)/t10-/m0/s1. The van der Waals surface area contributed by atoms with Crippen molar-refractivity contribution in [2.24, 2.45) is 0 Å². The van der Waals surface area contributed by atoms with Crippen LogP contribution in [0.2, 0.25) is 0 Å². The fourth-order valence-electron chi connectivity index (χ4n) is 2.76. The molecule has 0 bridgehead atoms. The van der Waals surface area contributed by atoms with E-state index in [1.165, 1.54) is 16.7 Å². The smallest absolute Gasteiger partial charge is 0.327 e. The highest BCUT2D eigenvalue weighted by Crippen LogP contribution is 2.27. The molecule has 6 nitrogen and oxygen atoms in total. The van der Waals surface area contributed by atoms with Crippen molar-refractivity contribution in [3.8, 4) is 0 Å². The molecule has 1 heterocycles. The molecule has 0 radical (unpaired) electrons. The molecular weight excluding hydrogens is 268 g/mol.